The van der Waals surface area contributed by atoms with Crippen molar-refractivity contribution in [3.05, 3.63) is 22.9 Å². The second-order valence-electron chi connectivity index (χ2n) is 3.40. The number of amides is 1. The lowest BCUT2D eigenvalue weighted by molar-refractivity contribution is -0.137. The number of anilines is 1. The van der Waals surface area contributed by atoms with Crippen LogP contribution < -0.4 is 11.1 Å². The zero-order chi connectivity index (χ0) is 12.8. The van der Waals surface area contributed by atoms with Crippen molar-refractivity contribution >= 4 is 33.5 Å². The first-order valence-corrected chi connectivity index (χ1v) is 5.68. The molecule has 7 heteroatoms. The summed E-state index contributed by atoms with van der Waals surface area (Å²) in [5.41, 5.74) is 6.06. The molecule has 4 N–H and O–H groups in total. The van der Waals surface area contributed by atoms with Crippen molar-refractivity contribution < 1.29 is 14.7 Å². The van der Waals surface area contributed by atoms with Gasteiger partial charge in [0.1, 0.15) is 4.60 Å². The number of nitrogens with one attached hydrogen (secondary N) is 1. The van der Waals surface area contributed by atoms with Crippen LogP contribution in [0, 0.1) is 0 Å². The molecule has 1 aromatic rings. The Morgan fingerprint density at radius 3 is 2.76 bits per heavy atom. The molecule has 0 aliphatic heterocycles. The van der Waals surface area contributed by atoms with Gasteiger partial charge < -0.3 is 16.2 Å². The first-order chi connectivity index (χ1) is 7.99. The highest BCUT2D eigenvalue weighted by Gasteiger charge is 2.14. The summed E-state index contributed by atoms with van der Waals surface area (Å²) in [7, 11) is 0. The molecule has 6 nitrogen and oxygen atoms in total. The highest BCUT2D eigenvalue weighted by Crippen LogP contribution is 2.10. The molecule has 0 aliphatic carbocycles. The number of halogens is 1. The average molecular weight is 302 g/mol. The molecule has 0 saturated heterocycles. The molecule has 17 heavy (non-hydrogen) atoms. The van der Waals surface area contributed by atoms with Crippen LogP contribution in [0.2, 0.25) is 0 Å². The Morgan fingerprint density at radius 1 is 1.53 bits per heavy atom. The van der Waals surface area contributed by atoms with Crippen LogP contribution in [0.1, 0.15) is 12.8 Å². The predicted octanol–water partition coefficient (Wildman–Crippen LogP) is 0.975. The van der Waals surface area contributed by atoms with Crippen LogP contribution in [0.5, 0.6) is 0 Å². The van der Waals surface area contributed by atoms with Gasteiger partial charge in [0.05, 0.1) is 17.9 Å². The van der Waals surface area contributed by atoms with Crippen molar-refractivity contribution in [1.82, 2.24) is 4.98 Å². The van der Waals surface area contributed by atoms with Crippen molar-refractivity contribution in [2.45, 2.75) is 18.9 Å². The number of pyridine rings is 1. The van der Waals surface area contributed by atoms with E-state index in [-0.39, 0.29) is 12.8 Å². The van der Waals surface area contributed by atoms with Crippen molar-refractivity contribution in [2.75, 3.05) is 5.32 Å². The van der Waals surface area contributed by atoms with E-state index in [1.807, 2.05) is 0 Å². The summed E-state index contributed by atoms with van der Waals surface area (Å²) in [6.45, 7) is 0. The molecule has 1 rings (SSSR count). The lowest BCUT2D eigenvalue weighted by Gasteiger charge is -2.10. The summed E-state index contributed by atoms with van der Waals surface area (Å²) in [5, 5.41) is 11.0. The normalized spacial score (nSPS) is 11.9. The van der Waals surface area contributed by atoms with E-state index in [1.54, 1.807) is 12.1 Å². The van der Waals surface area contributed by atoms with E-state index >= 15 is 0 Å². The first kappa shape index (κ1) is 13.6. The number of hydrogen-bond acceptors (Lipinski definition) is 4. The molecule has 1 atom stereocenters. The number of aliphatic carboxylic acids is 1. The fourth-order valence-corrected chi connectivity index (χ4v) is 1.33. The molecule has 0 fully saturated rings. The number of carboxylic acids is 1. The van der Waals surface area contributed by atoms with Gasteiger partial charge in [0.25, 0.3) is 0 Å². The number of aromatic nitrogens is 1. The van der Waals surface area contributed by atoms with E-state index in [0.29, 0.717) is 10.3 Å². The highest BCUT2D eigenvalue weighted by atomic mass is 79.9. The highest BCUT2D eigenvalue weighted by molar-refractivity contribution is 9.10. The van der Waals surface area contributed by atoms with Gasteiger partial charge in [-0.25, -0.2) is 4.98 Å². The van der Waals surface area contributed by atoms with Gasteiger partial charge >= 0.3 is 5.97 Å². The third-order valence-electron chi connectivity index (χ3n) is 2.00. The topological polar surface area (TPSA) is 105 Å². The van der Waals surface area contributed by atoms with Gasteiger partial charge in [0.15, 0.2) is 0 Å². The number of nitrogens with two attached hydrogens (primary N) is 1. The van der Waals surface area contributed by atoms with Gasteiger partial charge in [-0.1, -0.05) is 0 Å². The minimum atomic E-state index is -0.974. The molecule has 92 valence electrons. The number of carbonyl (C=O) groups is 2. The third-order valence-corrected chi connectivity index (χ3v) is 2.47. The maximum absolute atomic E-state index is 11.5. The third kappa shape index (κ3) is 4.92. The minimum Gasteiger partial charge on any atom is -0.481 e. The molecule has 0 aromatic carbocycles. The number of hydrogen-bond donors (Lipinski definition) is 3. The van der Waals surface area contributed by atoms with Crippen LogP contribution in [-0.4, -0.2) is 28.0 Å². The summed E-state index contributed by atoms with van der Waals surface area (Å²) in [5.74, 6) is -1.39. The van der Waals surface area contributed by atoms with E-state index < -0.39 is 17.9 Å². The van der Waals surface area contributed by atoms with E-state index in [0.717, 1.165) is 0 Å². The Kier molecular flexibility index (Phi) is 5.05. The van der Waals surface area contributed by atoms with Gasteiger partial charge in [-0.3, -0.25) is 9.59 Å². The van der Waals surface area contributed by atoms with Gasteiger partial charge in [-0.2, -0.15) is 0 Å². The SMILES string of the molecule is NC(CCC(=O)O)C(=O)Nc1ccc(Br)nc1. The number of rotatable bonds is 5. The molecule has 0 bridgehead atoms. The van der Waals surface area contributed by atoms with E-state index in [2.05, 4.69) is 26.2 Å². The molecule has 0 saturated carbocycles. The van der Waals surface area contributed by atoms with E-state index in [9.17, 15) is 9.59 Å². The van der Waals surface area contributed by atoms with Gasteiger partial charge in [-0.15, -0.1) is 0 Å². The number of nitrogens with zero attached hydrogens (tertiary/aromatic N) is 1. The first-order valence-electron chi connectivity index (χ1n) is 4.89. The standard InChI is InChI=1S/C10H12BrN3O3/c11-8-3-1-6(5-13-8)14-10(17)7(12)2-4-9(15)16/h1,3,5,7H,2,4,12H2,(H,14,17)(H,15,16). The summed E-state index contributed by atoms with van der Waals surface area (Å²) in [6.07, 6.45) is 1.45. The Hall–Kier alpha value is -1.47. The molecular weight excluding hydrogens is 290 g/mol. The van der Waals surface area contributed by atoms with Crippen LogP contribution in [0.3, 0.4) is 0 Å². The molecule has 0 radical (unpaired) electrons. The summed E-state index contributed by atoms with van der Waals surface area (Å²) >= 11 is 3.17. The Morgan fingerprint density at radius 2 is 2.24 bits per heavy atom. The largest absolute Gasteiger partial charge is 0.481 e. The molecule has 1 aromatic heterocycles. The quantitative estimate of drug-likeness (QED) is 0.703. The van der Waals surface area contributed by atoms with Crippen molar-refractivity contribution in [3.8, 4) is 0 Å². The molecule has 1 heterocycles. The summed E-state index contributed by atoms with van der Waals surface area (Å²) in [6, 6.07) is 2.51. The fraction of sp³-hybridized carbons (Fsp3) is 0.300. The Balaban J connectivity index is 2.48. The van der Waals surface area contributed by atoms with Crippen LogP contribution in [0.4, 0.5) is 5.69 Å². The lowest BCUT2D eigenvalue weighted by atomic mass is 10.1. The van der Waals surface area contributed by atoms with Crippen LogP contribution in [0.15, 0.2) is 22.9 Å². The number of carbonyl (C=O) groups excluding carboxylic acids is 1. The van der Waals surface area contributed by atoms with Gasteiger partial charge in [0, 0.05) is 6.42 Å². The number of carboxylic acid groups (broad SMARTS) is 1. The Labute approximate surface area is 106 Å². The molecule has 0 aliphatic rings. The smallest absolute Gasteiger partial charge is 0.303 e. The minimum absolute atomic E-state index is 0.102. The zero-order valence-electron chi connectivity index (χ0n) is 8.89. The second kappa shape index (κ2) is 6.31. The fourth-order valence-electron chi connectivity index (χ4n) is 1.09. The van der Waals surface area contributed by atoms with Gasteiger partial charge in [-0.05, 0) is 34.5 Å². The molecule has 0 spiro atoms. The lowest BCUT2D eigenvalue weighted by Crippen LogP contribution is -2.36. The summed E-state index contributed by atoms with van der Waals surface area (Å²) in [4.78, 5) is 25.8. The van der Waals surface area contributed by atoms with Gasteiger partial charge in [0.2, 0.25) is 5.91 Å². The second-order valence-corrected chi connectivity index (χ2v) is 4.21. The average Bonchev–Trinajstić information content (AvgIpc) is 2.28. The van der Waals surface area contributed by atoms with Crippen molar-refractivity contribution in [3.63, 3.8) is 0 Å². The van der Waals surface area contributed by atoms with E-state index in [4.69, 9.17) is 10.8 Å². The maximum atomic E-state index is 11.5. The Bertz CT molecular complexity index is 408. The monoisotopic (exact) mass is 301 g/mol. The maximum Gasteiger partial charge on any atom is 0.303 e. The molecular formula is C10H12BrN3O3. The van der Waals surface area contributed by atoms with Crippen LogP contribution >= 0.6 is 15.9 Å². The van der Waals surface area contributed by atoms with E-state index in [1.165, 1.54) is 6.20 Å². The van der Waals surface area contributed by atoms with Crippen molar-refractivity contribution in [2.24, 2.45) is 5.73 Å². The predicted molar refractivity (Wildman–Crippen MR) is 65.4 cm³/mol. The van der Waals surface area contributed by atoms with Crippen LogP contribution in [0.25, 0.3) is 0 Å². The molecule has 1 unspecified atom stereocenters. The van der Waals surface area contributed by atoms with Crippen LogP contribution in [-0.2, 0) is 9.59 Å². The summed E-state index contributed by atoms with van der Waals surface area (Å²) < 4.78 is 0.658. The van der Waals surface area contributed by atoms with Crippen molar-refractivity contribution in [1.29, 1.82) is 0 Å². The zero-order valence-corrected chi connectivity index (χ0v) is 10.5. The molecule has 1 amide bonds.